The zero-order valence-corrected chi connectivity index (χ0v) is 12.1. The summed E-state index contributed by atoms with van der Waals surface area (Å²) in [4.78, 5) is 0. The van der Waals surface area contributed by atoms with Crippen LogP contribution in [0.25, 0.3) is 0 Å². The molecular weight excluding hydrogens is 286 g/mol. The molecule has 2 N–H and O–H groups in total. The van der Waals surface area contributed by atoms with Crippen LogP contribution in [-0.4, -0.2) is 23.2 Å². The van der Waals surface area contributed by atoms with Crippen molar-refractivity contribution in [3.8, 4) is 5.75 Å². The second-order valence-electron chi connectivity index (χ2n) is 3.85. The van der Waals surface area contributed by atoms with Gasteiger partial charge in [0.2, 0.25) is 0 Å². The minimum absolute atomic E-state index is 0.291. The van der Waals surface area contributed by atoms with Gasteiger partial charge in [-0.05, 0) is 59.0 Å². The van der Waals surface area contributed by atoms with Gasteiger partial charge < -0.3 is 10.4 Å². The Kier molecular flexibility index (Phi) is 6.24. The first-order chi connectivity index (χ1) is 7.63. The van der Waals surface area contributed by atoms with E-state index < -0.39 is 0 Å². The van der Waals surface area contributed by atoms with Crippen LogP contribution in [-0.2, 0) is 6.54 Å². The Bertz CT molecular complexity index is 333. The van der Waals surface area contributed by atoms with Crippen LogP contribution in [0, 0.1) is 0 Å². The van der Waals surface area contributed by atoms with Crippen LogP contribution in [0.5, 0.6) is 5.75 Å². The van der Waals surface area contributed by atoms with Crippen molar-refractivity contribution in [2.75, 3.05) is 12.0 Å². The third-order valence-electron chi connectivity index (χ3n) is 2.42. The number of hydrogen-bond acceptors (Lipinski definition) is 3. The van der Waals surface area contributed by atoms with E-state index in [1.165, 1.54) is 17.7 Å². The van der Waals surface area contributed by atoms with Crippen molar-refractivity contribution >= 4 is 27.7 Å². The highest BCUT2D eigenvalue weighted by Crippen LogP contribution is 2.24. The number of benzene rings is 1. The van der Waals surface area contributed by atoms with E-state index in [-0.39, 0.29) is 0 Å². The van der Waals surface area contributed by atoms with Gasteiger partial charge in [0.25, 0.3) is 0 Å². The molecule has 0 saturated carbocycles. The highest BCUT2D eigenvalue weighted by atomic mass is 79.9. The highest BCUT2D eigenvalue weighted by molar-refractivity contribution is 9.10. The molecule has 0 heterocycles. The summed E-state index contributed by atoms with van der Waals surface area (Å²) in [7, 11) is 0. The summed E-state index contributed by atoms with van der Waals surface area (Å²) >= 11 is 5.19. The van der Waals surface area contributed by atoms with Gasteiger partial charge >= 0.3 is 0 Å². The Morgan fingerprint density at radius 2 is 2.25 bits per heavy atom. The van der Waals surface area contributed by atoms with E-state index >= 15 is 0 Å². The number of nitrogens with one attached hydrogen (secondary N) is 1. The third kappa shape index (κ3) is 4.76. The summed E-state index contributed by atoms with van der Waals surface area (Å²) < 4.78 is 0.753. The molecule has 0 saturated heterocycles. The summed E-state index contributed by atoms with van der Waals surface area (Å²) in [6, 6.07) is 6.13. The SMILES string of the molecule is CSCCC(C)NCc1ccc(O)c(Br)c1. The lowest BCUT2D eigenvalue weighted by atomic mass is 10.2. The molecule has 2 nitrogen and oxygen atoms in total. The van der Waals surface area contributed by atoms with Crippen molar-refractivity contribution in [3.05, 3.63) is 28.2 Å². The summed E-state index contributed by atoms with van der Waals surface area (Å²) in [5, 5.41) is 12.8. The maximum Gasteiger partial charge on any atom is 0.129 e. The van der Waals surface area contributed by atoms with Crippen molar-refractivity contribution in [3.63, 3.8) is 0 Å². The maximum atomic E-state index is 9.37. The predicted octanol–water partition coefficient (Wildman–Crippen LogP) is 3.39. The molecule has 16 heavy (non-hydrogen) atoms. The van der Waals surface area contributed by atoms with Gasteiger partial charge in [-0.3, -0.25) is 0 Å². The normalized spacial score (nSPS) is 12.7. The monoisotopic (exact) mass is 303 g/mol. The van der Waals surface area contributed by atoms with Crippen LogP contribution in [0.1, 0.15) is 18.9 Å². The van der Waals surface area contributed by atoms with E-state index in [2.05, 4.69) is 34.4 Å². The molecule has 90 valence electrons. The number of phenolic OH excluding ortho intramolecular Hbond substituents is 1. The van der Waals surface area contributed by atoms with Gasteiger partial charge in [-0.25, -0.2) is 0 Å². The van der Waals surface area contributed by atoms with Gasteiger partial charge in [0, 0.05) is 12.6 Å². The Morgan fingerprint density at radius 1 is 1.50 bits per heavy atom. The molecule has 0 radical (unpaired) electrons. The third-order valence-corrected chi connectivity index (χ3v) is 3.70. The first-order valence-corrected chi connectivity index (χ1v) is 7.52. The molecule has 1 aromatic carbocycles. The number of thioether (sulfide) groups is 1. The van der Waals surface area contributed by atoms with Crippen LogP contribution in [0.3, 0.4) is 0 Å². The summed E-state index contributed by atoms with van der Waals surface area (Å²) in [5.41, 5.74) is 1.18. The van der Waals surface area contributed by atoms with E-state index in [1.54, 1.807) is 6.07 Å². The summed E-state index contributed by atoms with van der Waals surface area (Å²) in [6.45, 7) is 3.04. The number of rotatable bonds is 6. The van der Waals surface area contributed by atoms with E-state index in [0.29, 0.717) is 11.8 Å². The average molecular weight is 304 g/mol. The zero-order chi connectivity index (χ0) is 12.0. The molecule has 0 spiro atoms. The lowest BCUT2D eigenvalue weighted by Crippen LogP contribution is -2.25. The second kappa shape index (κ2) is 7.20. The van der Waals surface area contributed by atoms with Crippen LogP contribution >= 0.6 is 27.7 Å². The molecule has 1 unspecified atom stereocenters. The Hall–Kier alpha value is -0.190. The Morgan fingerprint density at radius 3 is 2.88 bits per heavy atom. The first kappa shape index (κ1) is 13.9. The van der Waals surface area contributed by atoms with Gasteiger partial charge in [0.05, 0.1) is 4.47 Å². The van der Waals surface area contributed by atoms with Crippen LogP contribution in [0.15, 0.2) is 22.7 Å². The number of hydrogen-bond donors (Lipinski definition) is 2. The lowest BCUT2D eigenvalue weighted by Gasteiger charge is -2.13. The molecule has 0 aliphatic carbocycles. The molecule has 0 aromatic heterocycles. The lowest BCUT2D eigenvalue weighted by molar-refractivity contribution is 0.471. The molecule has 1 rings (SSSR count). The Balaban J connectivity index is 2.39. The van der Waals surface area contributed by atoms with Gasteiger partial charge in [-0.1, -0.05) is 6.07 Å². The standard InChI is InChI=1S/C12H18BrNOS/c1-9(5-6-16-2)14-8-10-3-4-12(15)11(13)7-10/h3-4,7,9,14-15H,5-6,8H2,1-2H3. The average Bonchev–Trinajstić information content (AvgIpc) is 2.28. The van der Waals surface area contributed by atoms with Crippen molar-refractivity contribution in [1.82, 2.24) is 5.32 Å². The van der Waals surface area contributed by atoms with Crippen molar-refractivity contribution in [1.29, 1.82) is 0 Å². The second-order valence-corrected chi connectivity index (χ2v) is 5.69. The molecule has 1 aromatic rings. The molecule has 0 bridgehead atoms. The summed E-state index contributed by atoms with van der Waals surface area (Å²) in [6.07, 6.45) is 3.31. The van der Waals surface area contributed by atoms with Gasteiger partial charge in [-0.2, -0.15) is 11.8 Å². The fraction of sp³-hybridized carbons (Fsp3) is 0.500. The fourth-order valence-corrected chi connectivity index (χ4v) is 2.36. The quantitative estimate of drug-likeness (QED) is 0.845. The highest BCUT2D eigenvalue weighted by Gasteiger charge is 2.03. The largest absolute Gasteiger partial charge is 0.507 e. The first-order valence-electron chi connectivity index (χ1n) is 5.33. The van der Waals surface area contributed by atoms with Crippen molar-refractivity contribution in [2.24, 2.45) is 0 Å². The van der Waals surface area contributed by atoms with Gasteiger partial charge in [0.15, 0.2) is 0 Å². The van der Waals surface area contributed by atoms with E-state index in [4.69, 9.17) is 0 Å². The maximum absolute atomic E-state index is 9.37. The van der Waals surface area contributed by atoms with Crippen LogP contribution < -0.4 is 5.32 Å². The summed E-state index contributed by atoms with van der Waals surface area (Å²) in [5.74, 6) is 1.48. The fourth-order valence-electron chi connectivity index (χ4n) is 1.35. The molecule has 1 atom stereocenters. The zero-order valence-electron chi connectivity index (χ0n) is 9.66. The molecule has 0 aliphatic heterocycles. The number of aromatic hydroxyl groups is 1. The smallest absolute Gasteiger partial charge is 0.129 e. The van der Waals surface area contributed by atoms with Crippen LogP contribution in [0.4, 0.5) is 0 Å². The molecular formula is C12H18BrNOS. The molecule has 4 heteroatoms. The minimum Gasteiger partial charge on any atom is -0.507 e. The van der Waals surface area contributed by atoms with Crippen LogP contribution in [0.2, 0.25) is 0 Å². The van der Waals surface area contributed by atoms with Gasteiger partial charge in [0.1, 0.15) is 5.75 Å². The van der Waals surface area contributed by atoms with Crippen molar-refractivity contribution in [2.45, 2.75) is 25.9 Å². The predicted molar refractivity (Wildman–Crippen MR) is 75.1 cm³/mol. The van der Waals surface area contributed by atoms with Gasteiger partial charge in [-0.15, -0.1) is 0 Å². The molecule has 0 aliphatic rings. The van der Waals surface area contributed by atoms with Crippen molar-refractivity contribution < 1.29 is 5.11 Å². The Labute approximate surface area is 110 Å². The minimum atomic E-state index is 0.291. The molecule has 0 fully saturated rings. The number of halogens is 1. The van der Waals surface area contributed by atoms with E-state index in [9.17, 15) is 5.11 Å². The topological polar surface area (TPSA) is 32.3 Å². The molecule has 0 amide bonds. The van der Waals surface area contributed by atoms with E-state index in [1.807, 2.05) is 23.9 Å². The van der Waals surface area contributed by atoms with E-state index in [0.717, 1.165) is 11.0 Å². The number of phenols is 1.